The lowest BCUT2D eigenvalue weighted by molar-refractivity contribution is -0.385. The van der Waals surface area contributed by atoms with E-state index in [9.17, 15) is 14.9 Å². The smallest absolute Gasteiger partial charge is 0.273 e. The molecule has 132 valence electrons. The van der Waals surface area contributed by atoms with Crippen molar-refractivity contribution < 1.29 is 19.2 Å². The summed E-state index contributed by atoms with van der Waals surface area (Å²) in [5.74, 6) is 0.272. The zero-order valence-electron chi connectivity index (χ0n) is 14.3. The number of rotatable bonds is 7. The second kappa shape index (κ2) is 8.25. The molecule has 1 N–H and O–H groups in total. The van der Waals surface area contributed by atoms with Gasteiger partial charge in [-0.2, -0.15) is 0 Å². The second-order valence-electron chi connectivity index (χ2n) is 5.38. The fourth-order valence-electron chi connectivity index (χ4n) is 2.60. The van der Waals surface area contributed by atoms with Crippen molar-refractivity contribution in [2.75, 3.05) is 20.8 Å². The molecule has 2 aromatic rings. The number of carbonyl (C=O) groups excluding carboxylic acids is 1. The van der Waals surface area contributed by atoms with E-state index in [-0.39, 0.29) is 17.8 Å². The molecule has 25 heavy (non-hydrogen) atoms. The van der Waals surface area contributed by atoms with E-state index in [0.29, 0.717) is 11.3 Å². The molecule has 1 amide bonds. The summed E-state index contributed by atoms with van der Waals surface area (Å²) in [4.78, 5) is 22.9. The first-order valence-corrected chi connectivity index (χ1v) is 7.67. The Hall–Kier alpha value is -2.93. The van der Waals surface area contributed by atoms with Gasteiger partial charge in [0.05, 0.1) is 12.0 Å². The number of nitro benzene ring substituents is 1. The standard InChI is InChI=1S/C18H20N2O5/c1-12-13(8-6-9-15(12)20(22)23)18(21)19-11-17(25-3)14-7-4-5-10-16(14)24-2/h4-10,17H,11H2,1-3H3,(H,19,21). The van der Waals surface area contributed by atoms with E-state index in [4.69, 9.17) is 9.47 Å². The van der Waals surface area contributed by atoms with Gasteiger partial charge in [-0.1, -0.05) is 24.3 Å². The Bertz CT molecular complexity index is 776. The van der Waals surface area contributed by atoms with Crippen molar-refractivity contribution in [2.45, 2.75) is 13.0 Å². The Kier molecular flexibility index (Phi) is 6.08. The van der Waals surface area contributed by atoms with Crippen molar-refractivity contribution in [1.29, 1.82) is 0 Å². The van der Waals surface area contributed by atoms with E-state index in [1.54, 1.807) is 27.2 Å². The topological polar surface area (TPSA) is 90.7 Å². The summed E-state index contributed by atoms with van der Waals surface area (Å²) >= 11 is 0. The average Bonchev–Trinajstić information content (AvgIpc) is 2.62. The van der Waals surface area contributed by atoms with Crippen LogP contribution in [0.1, 0.15) is 27.6 Å². The average molecular weight is 344 g/mol. The molecule has 0 bridgehead atoms. The number of nitrogens with one attached hydrogen (secondary N) is 1. The largest absolute Gasteiger partial charge is 0.496 e. The Labute approximate surface area is 145 Å². The molecule has 0 fully saturated rings. The van der Waals surface area contributed by atoms with E-state index in [0.717, 1.165) is 5.56 Å². The molecule has 0 saturated carbocycles. The van der Waals surface area contributed by atoms with E-state index >= 15 is 0 Å². The molecule has 0 aliphatic rings. The van der Waals surface area contributed by atoms with Crippen LogP contribution in [0, 0.1) is 17.0 Å². The van der Waals surface area contributed by atoms with Gasteiger partial charge in [0.2, 0.25) is 0 Å². The summed E-state index contributed by atoms with van der Waals surface area (Å²) < 4.78 is 10.8. The number of hydrogen-bond donors (Lipinski definition) is 1. The Balaban J connectivity index is 2.16. The van der Waals surface area contributed by atoms with E-state index < -0.39 is 16.9 Å². The maximum atomic E-state index is 12.4. The van der Waals surface area contributed by atoms with Gasteiger partial charge in [0.25, 0.3) is 11.6 Å². The normalized spacial score (nSPS) is 11.6. The molecule has 2 rings (SSSR count). The molecular weight excluding hydrogens is 324 g/mol. The van der Waals surface area contributed by atoms with Crippen LogP contribution in [-0.4, -0.2) is 31.6 Å². The minimum atomic E-state index is -0.501. The number of hydrogen-bond acceptors (Lipinski definition) is 5. The third-order valence-corrected chi connectivity index (χ3v) is 3.96. The third-order valence-electron chi connectivity index (χ3n) is 3.96. The van der Waals surface area contributed by atoms with E-state index in [1.807, 2.05) is 24.3 Å². The fraction of sp³-hybridized carbons (Fsp3) is 0.278. The number of para-hydroxylation sites is 1. The van der Waals surface area contributed by atoms with Crippen LogP contribution in [0.15, 0.2) is 42.5 Å². The van der Waals surface area contributed by atoms with Gasteiger partial charge in [-0.3, -0.25) is 14.9 Å². The number of carbonyl (C=O) groups is 1. The lowest BCUT2D eigenvalue weighted by Gasteiger charge is -2.19. The molecule has 0 spiro atoms. The predicted molar refractivity (Wildman–Crippen MR) is 92.9 cm³/mol. The molecule has 0 radical (unpaired) electrons. The van der Waals surface area contributed by atoms with Gasteiger partial charge in [0.1, 0.15) is 11.9 Å². The predicted octanol–water partition coefficient (Wildman–Crippen LogP) is 3.03. The van der Waals surface area contributed by atoms with E-state index in [1.165, 1.54) is 12.1 Å². The number of amides is 1. The summed E-state index contributed by atoms with van der Waals surface area (Å²) in [5, 5.41) is 13.8. The quantitative estimate of drug-likeness (QED) is 0.616. The molecule has 7 nitrogen and oxygen atoms in total. The third kappa shape index (κ3) is 4.13. The summed E-state index contributed by atoms with van der Waals surface area (Å²) in [5.41, 5.74) is 1.32. The van der Waals surface area contributed by atoms with Crippen molar-refractivity contribution in [3.8, 4) is 5.75 Å². The number of benzene rings is 2. The van der Waals surface area contributed by atoms with Gasteiger partial charge in [-0.25, -0.2) is 0 Å². The molecule has 7 heteroatoms. The van der Waals surface area contributed by atoms with Crippen LogP contribution in [-0.2, 0) is 4.74 Å². The Morgan fingerprint density at radius 1 is 1.20 bits per heavy atom. The highest BCUT2D eigenvalue weighted by atomic mass is 16.6. The number of ether oxygens (including phenoxy) is 2. The summed E-state index contributed by atoms with van der Waals surface area (Å²) in [6.07, 6.45) is -0.404. The van der Waals surface area contributed by atoms with Crippen LogP contribution < -0.4 is 10.1 Å². The van der Waals surface area contributed by atoms with Crippen LogP contribution in [0.3, 0.4) is 0 Å². The molecule has 1 atom stereocenters. The van der Waals surface area contributed by atoms with Gasteiger partial charge in [-0.05, 0) is 19.1 Å². The number of methoxy groups -OCH3 is 2. The molecule has 1 unspecified atom stereocenters. The van der Waals surface area contributed by atoms with Gasteiger partial charge >= 0.3 is 0 Å². The first kappa shape index (κ1) is 18.4. The highest BCUT2D eigenvalue weighted by Crippen LogP contribution is 2.27. The van der Waals surface area contributed by atoms with Crippen molar-refractivity contribution in [3.05, 3.63) is 69.3 Å². The SMILES string of the molecule is COc1ccccc1C(CNC(=O)c1cccc([N+](=O)[O-])c1C)OC. The van der Waals surface area contributed by atoms with E-state index in [2.05, 4.69) is 5.32 Å². The number of nitrogens with zero attached hydrogens (tertiary/aromatic N) is 1. The second-order valence-corrected chi connectivity index (χ2v) is 5.38. The zero-order chi connectivity index (χ0) is 18.4. The van der Waals surface area contributed by atoms with Crippen LogP contribution in [0.2, 0.25) is 0 Å². The van der Waals surface area contributed by atoms with Crippen molar-refractivity contribution in [3.63, 3.8) is 0 Å². The summed E-state index contributed by atoms with van der Waals surface area (Å²) in [6.45, 7) is 1.76. The minimum absolute atomic E-state index is 0.0827. The molecule has 0 heterocycles. The molecule has 0 aliphatic heterocycles. The Morgan fingerprint density at radius 2 is 1.92 bits per heavy atom. The van der Waals surface area contributed by atoms with Crippen molar-refractivity contribution in [2.24, 2.45) is 0 Å². The summed E-state index contributed by atoms with van der Waals surface area (Å²) in [7, 11) is 3.11. The fourth-order valence-corrected chi connectivity index (χ4v) is 2.60. The minimum Gasteiger partial charge on any atom is -0.496 e. The van der Waals surface area contributed by atoms with Gasteiger partial charge < -0.3 is 14.8 Å². The highest BCUT2D eigenvalue weighted by molar-refractivity contribution is 5.96. The molecular formula is C18H20N2O5. The monoisotopic (exact) mass is 344 g/mol. The van der Waals surface area contributed by atoms with Crippen LogP contribution in [0.5, 0.6) is 5.75 Å². The van der Waals surface area contributed by atoms with Crippen molar-refractivity contribution >= 4 is 11.6 Å². The maximum absolute atomic E-state index is 12.4. The lowest BCUT2D eigenvalue weighted by atomic mass is 10.1. The molecule has 0 aliphatic carbocycles. The lowest BCUT2D eigenvalue weighted by Crippen LogP contribution is -2.30. The number of nitro groups is 1. The van der Waals surface area contributed by atoms with Crippen LogP contribution in [0.25, 0.3) is 0 Å². The van der Waals surface area contributed by atoms with Gasteiger partial charge in [0, 0.05) is 36.4 Å². The maximum Gasteiger partial charge on any atom is 0.273 e. The highest BCUT2D eigenvalue weighted by Gasteiger charge is 2.20. The summed E-state index contributed by atoms with van der Waals surface area (Å²) in [6, 6.07) is 11.8. The van der Waals surface area contributed by atoms with Gasteiger partial charge in [0.15, 0.2) is 0 Å². The van der Waals surface area contributed by atoms with Crippen LogP contribution >= 0.6 is 0 Å². The first-order chi connectivity index (χ1) is 12.0. The van der Waals surface area contributed by atoms with Crippen LogP contribution in [0.4, 0.5) is 5.69 Å². The first-order valence-electron chi connectivity index (χ1n) is 7.67. The zero-order valence-corrected chi connectivity index (χ0v) is 14.3. The molecule has 2 aromatic carbocycles. The molecule has 0 saturated heterocycles. The Morgan fingerprint density at radius 3 is 2.56 bits per heavy atom. The molecule has 0 aromatic heterocycles. The van der Waals surface area contributed by atoms with Crippen molar-refractivity contribution in [1.82, 2.24) is 5.32 Å². The van der Waals surface area contributed by atoms with Gasteiger partial charge in [-0.15, -0.1) is 0 Å².